The lowest BCUT2D eigenvalue weighted by Crippen LogP contribution is -2.57. The van der Waals surface area contributed by atoms with Crippen LogP contribution in [0.25, 0.3) is 0 Å². The number of hydrogen-bond acceptors (Lipinski definition) is 6. The number of piperidine rings is 1. The third-order valence-electron chi connectivity index (χ3n) is 8.50. The van der Waals surface area contributed by atoms with Gasteiger partial charge in [-0.1, -0.05) is 66.7 Å². The molecule has 0 bridgehead atoms. The van der Waals surface area contributed by atoms with Crippen molar-refractivity contribution in [2.24, 2.45) is 0 Å². The monoisotopic (exact) mass is 550 g/mol. The third-order valence-corrected chi connectivity index (χ3v) is 8.50. The third kappa shape index (κ3) is 5.09. The van der Waals surface area contributed by atoms with E-state index in [9.17, 15) is 19.2 Å². The highest BCUT2D eigenvalue weighted by Gasteiger charge is 2.45. The molecule has 41 heavy (non-hydrogen) atoms. The Morgan fingerprint density at radius 3 is 1.95 bits per heavy atom. The highest BCUT2D eigenvalue weighted by Crippen LogP contribution is 2.35. The van der Waals surface area contributed by atoms with Gasteiger partial charge in [0.05, 0.1) is 17.2 Å². The lowest BCUT2D eigenvalue weighted by atomic mass is 9.92. The van der Waals surface area contributed by atoms with E-state index >= 15 is 0 Å². The number of hydrogen-bond donors (Lipinski definition) is 1. The molecule has 3 aromatic rings. The maximum absolute atomic E-state index is 13.3. The van der Waals surface area contributed by atoms with Crippen LogP contribution in [-0.4, -0.2) is 69.5 Å². The van der Waals surface area contributed by atoms with Gasteiger partial charge >= 0.3 is 0 Å². The summed E-state index contributed by atoms with van der Waals surface area (Å²) < 4.78 is 0. The van der Waals surface area contributed by atoms with Crippen molar-refractivity contribution >= 4 is 23.6 Å². The average molecular weight is 551 g/mol. The largest absolute Gasteiger partial charge is 0.296 e. The summed E-state index contributed by atoms with van der Waals surface area (Å²) in [4.78, 5) is 56.4. The number of amides is 4. The number of rotatable bonds is 6. The van der Waals surface area contributed by atoms with E-state index in [1.165, 1.54) is 11.1 Å². The molecule has 2 fully saturated rings. The zero-order valence-corrected chi connectivity index (χ0v) is 23.3. The molecule has 0 spiro atoms. The van der Waals surface area contributed by atoms with Crippen LogP contribution >= 0.6 is 0 Å². The number of carbonyl (C=O) groups is 4. The fraction of sp³-hybridized carbons (Fsp3) is 0.333. The molecule has 1 N–H and O–H groups in total. The molecule has 0 aromatic heterocycles. The summed E-state index contributed by atoms with van der Waals surface area (Å²) in [5, 5.41) is 2.25. The van der Waals surface area contributed by atoms with E-state index in [2.05, 4.69) is 89.6 Å². The van der Waals surface area contributed by atoms with Gasteiger partial charge < -0.3 is 0 Å². The van der Waals surface area contributed by atoms with Gasteiger partial charge in [-0.25, -0.2) is 0 Å². The molecule has 3 aliphatic heterocycles. The van der Waals surface area contributed by atoms with Crippen molar-refractivity contribution in [1.82, 2.24) is 20.0 Å². The summed E-state index contributed by atoms with van der Waals surface area (Å²) in [6.07, 6.45) is 0.253. The predicted octanol–water partition coefficient (Wildman–Crippen LogP) is 3.77. The molecule has 0 aliphatic carbocycles. The van der Waals surface area contributed by atoms with Crippen LogP contribution in [0.5, 0.6) is 0 Å². The zero-order chi connectivity index (χ0) is 28.7. The quantitative estimate of drug-likeness (QED) is 0.470. The van der Waals surface area contributed by atoms with Gasteiger partial charge in [-0.2, -0.15) is 0 Å². The van der Waals surface area contributed by atoms with Gasteiger partial charge in [-0.15, -0.1) is 0 Å². The van der Waals surface area contributed by atoms with Crippen molar-refractivity contribution in [2.45, 2.75) is 57.4 Å². The summed E-state index contributed by atoms with van der Waals surface area (Å²) >= 11 is 0. The number of piperazine rings is 1. The SMILES string of the molecule is CC1CN(Cc2ccc3c(c2)C(=O)N(C2CCC(=O)NC2=O)C3=O)CC(C)N1C(c1ccccc1)c1ccccc1. The Kier molecular flexibility index (Phi) is 7.28. The van der Waals surface area contributed by atoms with Gasteiger partial charge in [0.2, 0.25) is 11.8 Å². The van der Waals surface area contributed by atoms with Gasteiger partial charge in [0, 0.05) is 38.1 Å². The van der Waals surface area contributed by atoms with Gasteiger partial charge in [-0.3, -0.25) is 39.2 Å². The molecule has 0 saturated carbocycles. The Morgan fingerprint density at radius 1 is 0.780 bits per heavy atom. The van der Waals surface area contributed by atoms with E-state index in [-0.39, 0.29) is 36.9 Å². The molecule has 4 amide bonds. The number of fused-ring (bicyclic) bond motifs is 1. The second kappa shape index (κ2) is 11.0. The summed E-state index contributed by atoms with van der Waals surface area (Å²) in [6.45, 7) is 6.89. The van der Waals surface area contributed by atoms with Crippen molar-refractivity contribution in [3.05, 3.63) is 107 Å². The standard InChI is InChI=1S/C33H34N4O4/c1-21-18-35(19-22(2)36(21)30(24-9-5-3-6-10-24)25-11-7-4-8-12-25)20-23-13-14-26-27(17-23)33(41)37(32(26)40)28-15-16-29(38)34-31(28)39/h3-14,17,21-22,28,30H,15-16,18-20H2,1-2H3,(H,34,38,39). The van der Waals surface area contributed by atoms with E-state index in [1.807, 2.05) is 6.07 Å². The fourth-order valence-electron chi connectivity index (χ4n) is 6.77. The van der Waals surface area contributed by atoms with Crippen LogP contribution < -0.4 is 5.32 Å². The smallest absolute Gasteiger partial charge is 0.262 e. The Labute approximate surface area is 239 Å². The normalized spacial score (nSPS) is 23.7. The fourth-order valence-corrected chi connectivity index (χ4v) is 6.77. The Hall–Kier alpha value is -4.14. The summed E-state index contributed by atoms with van der Waals surface area (Å²) in [5.41, 5.74) is 4.13. The molecule has 3 aliphatic rings. The molecular formula is C33H34N4O4. The molecule has 2 saturated heterocycles. The maximum atomic E-state index is 13.3. The van der Waals surface area contributed by atoms with Crippen molar-refractivity contribution in [2.75, 3.05) is 13.1 Å². The van der Waals surface area contributed by atoms with Gasteiger partial charge in [0.25, 0.3) is 11.8 Å². The van der Waals surface area contributed by atoms with Crippen LogP contribution in [0.2, 0.25) is 0 Å². The van der Waals surface area contributed by atoms with Gasteiger partial charge in [0.15, 0.2) is 0 Å². The number of imide groups is 2. The van der Waals surface area contributed by atoms with Crippen molar-refractivity contribution < 1.29 is 19.2 Å². The minimum Gasteiger partial charge on any atom is -0.296 e. The number of benzene rings is 3. The first-order chi connectivity index (χ1) is 19.8. The van der Waals surface area contributed by atoms with E-state index in [0.717, 1.165) is 23.6 Å². The molecule has 3 unspecified atom stereocenters. The molecule has 3 atom stereocenters. The maximum Gasteiger partial charge on any atom is 0.262 e. The minimum atomic E-state index is -0.958. The van der Waals surface area contributed by atoms with Crippen LogP contribution in [0, 0.1) is 0 Å². The summed E-state index contributed by atoms with van der Waals surface area (Å²) in [7, 11) is 0. The molecule has 3 heterocycles. The second-order valence-electron chi connectivity index (χ2n) is 11.4. The van der Waals surface area contributed by atoms with Crippen molar-refractivity contribution in [3.8, 4) is 0 Å². The minimum absolute atomic E-state index is 0.104. The van der Waals surface area contributed by atoms with Crippen molar-refractivity contribution in [1.29, 1.82) is 0 Å². The Bertz CT molecular complexity index is 1440. The lowest BCUT2D eigenvalue weighted by molar-refractivity contribution is -0.136. The molecule has 8 heteroatoms. The molecule has 0 radical (unpaired) electrons. The Balaban J connectivity index is 1.19. The molecule has 6 rings (SSSR count). The molecule has 210 valence electrons. The lowest BCUT2D eigenvalue weighted by Gasteiger charge is -2.48. The second-order valence-corrected chi connectivity index (χ2v) is 11.4. The van der Waals surface area contributed by atoms with Crippen LogP contribution in [0.1, 0.15) is 70.1 Å². The highest BCUT2D eigenvalue weighted by molar-refractivity contribution is 6.23. The molecule has 8 nitrogen and oxygen atoms in total. The summed E-state index contributed by atoms with van der Waals surface area (Å²) in [6, 6.07) is 26.4. The predicted molar refractivity (Wildman–Crippen MR) is 154 cm³/mol. The van der Waals surface area contributed by atoms with E-state index in [0.29, 0.717) is 17.7 Å². The Morgan fingerprint density at radius 2 is 1.37 bits per heavy atom. The first-order valence-corrected chi connectivity index (χ1v) is 14.3. The zero-order valence-electron chi connectivity index (χ0n) is 23.3. The van der Waals surface area contributed by atoms with Gasteiger partial charge in [-0.05, 0) is 49.1 Å². The van der Waals surface area contributed by atoms with Gasteiger partial charge in [0.1, 0.15) is 6.04 Å². The number of carbonyl (C=O) groups excluding carboxylic acids is 4. The van der Waals surface area contributed by atoms with Crippen LogP contribution in [-0.2, 0) is 16.1 Å². The topological polar surface area (TPSA) is 90.0 Å². The first-order valence-electron chi connectivity index (χ1n) is 14.3. The van der Waals surface area contributed by atoms with E-state index in [4.69, 9.17) is 0 Å². The van der Waals surface area contributed by atoms with E-state index in [1.54, 1.807) is 12.1 Å². The van der Waals surface area contributed by atoms with Crippen LogP contribution in [0.3, 0.4) is 0 Å². The average Bonchev–Trinajstić information content (AvgIpc) is 3.20. The molecule has 3 aromatic carbocycles. The highest BCUT2D eigenvalue weighted by atomic mass is 16.2. The molecular weight excluding hydrogens is 516 g/mol. The van der Waals surface area contributed by atoms with Crippen LogP contribution in [0.15, 0.2) is 78.9 Å². The van der Waals surface area contributed by atoms with Crippen molar-refractivity contribution in [3.63, 3.8) is 0 Å². The first kappa shape index (κ1) is 27.1. The number of nitrogens with zero attached hydrogens (tertiary/aromatic N) is 3. The van der Waals surface area contributed by atoms with Crippen LogP contribution in [0.4, 0.5) is 0 Å². The van der Waals surface area contributed by atoms with E-state index < -0.39 is 23.8 Å². The number of nitrogens with one attached hydrogen (secondary N) is 1. The summed E-state index contributed by atoms with van der Waals surface area (Å²) in [5.74, 6) is -1.93.